The molecule has 32 heavy (non-hydrogen) atoms. The molecule has 0 atom stereocenters. The van der Waals surface area contributed by atoms with E-state index in [-0.39, 0.29) is 6.10 Å². The van der Waals surface area contributed by atoms with Crippen LogP contribution >= 0.6 is 0 Å². The third kappa shape index (κ3) is 5.36. The second-order valence-corrected chi connectivity index (χ2v) is 8.58. The zero-order chi connectivity index (χ0) is 22.6. The Morgan fingerprint density at radius 1 is 1.03 bits per heavy atom. The number of aromatic nitrogens is 3. The van der Waals surface area contributed by atoms with Crippen LogP contribution in [0.2, 0.25) is 0 Å². The molecule has 2 fully saturated rings. The monoisotopic (exact) mass is 445 g/mol. The van der Waals surface area contributed by atoms with Crippen molar-refractivity contribution in [3.63, 3.8) is 0 Å². The quantitative estimate of drug-likeness (QED) is 0.663. The summed E-state index contributed by atoms with van der Waals surface area (Å²) in [4.78, 5) is 13.8. The Hall–Kier alpha value is -2.73. The van der Waals surface area contributed by atoms with Gasteiger partial charge in [0.1, 0.15) is 6.07 Å². The molecule has 170 valence electrons. The summed E-state index contributed by atoms with van der Waals surface area (Å²) in [6, 6.07) is 4.20. The Kier molecular flexibility index (Phi) is 6.89. The summed E-state index contributed by atoms with van der Waals surface area (Å²) in [6.07, 6.45) is 6.70. The number of nitrogens with zero attached hydrogens (tertiary/aromatic N) is 5. The molecule has 1 aliphatic heterocycles. The normalized spacial score (nSPS) is 22.5. The molecule has 3 heterocycles. The molecule has 0 radical (unpaired) electrons. The lowest BCUT2D eigenvalue weighted by Crippen LogP contribution is -2.37. The number of ether oxygens (including phenoxy) is 1. The first-order valence-electron chi connectivity index (χ1n) is 11.0. The van der Waals surface area contributed by atoms with E-state index in [4.69, 9.17) is 4.74 Å². The summed E-state index contributed by atoms with van der Waals surface area (Å²) in [6.45, 7) is 2.13. The van der Waals surface area contributed by atoms with Gasteiger partial charge in [0, 0.05) is 44.5 Å². The lowest BCUT2D eigenvalue weighted by Gasteiger charge is -2.34. The van der Waals surface area contributed by atoms with Gasteiger partial charge in [-0.3, -0.25) is 4.98 Å². The second kappa shape index (κ2) is 9.82. The minimum atomic E-state index is -4.42. The third-order valence-electron chi connectivity index (χ3n) is 6.52. The number of nitriles is 1. The number of piperidine rings is 1. The topological polar surface area (TPSA) is 74.9 Å². The predicted octanol–water partition coefficient (Wildman–Crippen LogP) is 4.72. The van der Waals surface area contributed by atoms with E-state index in [0.717, 1.165) is 56.5 Å². The van der Waals surface area contributed by atoms with Gasteiger partial charge in [-0.2, -0.15) is 18.4 Å². The summed E-state index contributed by atoms with van der Waals surface area (Å²) >= 11 is 0. The molecule has 2 aliphatic rings. The molecule has 0 bridgehead atoms. The van der Waals surface area contributed by atoms with E-state index >= 15 is 0 Å². The van der Waals surface area contributed by atoms with Gasteiger partial charge >= 0.3 is 6.18 Å². The smallest absolute Gasteiger partial charge is 0.378 e. The standard InChI is InChI=1S/C23H26F3N5O/c24-23(25,26)19-13-29-22(30-14-19)31-9-6-16(7-10-31)15-32-20-3-1-17(2-4-20)21-5-8-28-12-18(21)11-27/h5,8,12-14,16-17,20H,1-4,6-7,9-10,15H2/t17-,20-. The van der Waals surface area contributed by atoms with Crippen LogP contribution in [0.3, 0.4) is 0 Å². The summed E-state index contributed by atoms with van der Waals surface area (Å²) in [5, 5.41) is 9.29. The second-order valence-electron chi connectivity index (χ2n) is 8.58. The van der Waals surface area contributed by atoms with Gasteiger partial charge in [-0.25, -0.2) is 9.97 Å². The molecule has 1 saturated carbocycles. The molecular formula is C23H26F3N5O. The summed E-state index contributed by atoms with van der Waals surface area (Å²) in [5.41, 5.74) is 0.937. The zero-order valence-electron chi connectivity index (χ0n) is 17.8. The zero-order valence-corrected chi connectivity index (χ0v) is 17.8. The van der Waals surface area contributed by atoms with Gasteiger partial charge in [0.2, 0.25) is 5.95 Å². The van der Waals surface area contributed by atoms with Gasteiger partial charge in [-0.05, 0) is 62.0 Å². The molecule has 0 unspecified atom stereocenters. The number of halogens is 3. The van der Waals surface area contributed by atoms with Crippen LogP contribution in [0.5, 0.6) is 0 Å². The number of rotatable bonds is 5. The molecule has 2 aromatic heterocycles. The van der Waals surface area contributed by atoms with Crippen molar-refractivity contribution >= 4 is 5.95 Å². The SMILES string of the molecule is N#Cc1cnccc1[C@H]1CC[C@H](OCC2CCN(c3ncc(C(F)(F)F)cn3)CC2)CC1. The minimum Gasteiger partial charge on any atom is -0.378 e. The van der Waals surface area contributed by atoms with Gasteiger partial charge in [-0.1, -0.05) is 0 Å². The van der Waals surface area contributed by atoms with Crippen molar-refractivity contribution in [3.8, 4) is 6.07 Å². The number of alkyl halides is 3. The molecule has 1 saturated heterocycles. The molecule has 4 rings (SSSR count). The molecule has 0 spiro atoms. The predicted molar refractivity (Wildman–Crippen MR) is 112 cm³/mol. The maximum Gasteiger partial charge on any atom is 0.419 e. The maximum absolute atomic E-state index is 12.7. The Balaban J connectivity index is 1.19. The molecular weight excluding hydrogens is 419 g/mol. The van der Waals surface area contributed by atoms with E-state index in [2.05, 4.69) is 21.0 Å². The third-order valence-corrected chi connectivity index (χ3v) is 6.52. The summed E-state index contributed by atoms with van der Waals surface area (Å²) in [5.74, 6) is 1.17. The van der Waals surface area contributed by atoms with Crippen LogP contribution < -0.4 is 4.90 Å². The highest BCUT2D eigenvalue weighted by atomic mass is 19.4. The van der Waals surface area contributed by atoms with Gasteiger partial charge in [-0.15, -0.1) is 0 Å². The number of anilines is 1. The Bertz CT molecular complexity index is 928. The lowest BCUT2D eigenvalue weighted by atomic mass is 9.81. The minimum absolute atomic E-state index is 0.245. The first-order chi connectivity index (χ1) is 15.4. The van der Waals surface area contributed by atoms with Crippen LogP contribution in [0.4, 0.5) is 19.1 Å². The number of hydrogen-bond acceptors (Lipinski definition) is 6. The average molecular weight is 445 g/mol. The van der Waals surface area contributed by atoms with E-state index in [9.17, 15) is 18.4 Å². The van der Waals surface area contributed by atoms with Gasteiger partial charge in [0.05, 0.1) is 17.2 Å². The molecule has 0 N–H and O–H groups in total. The molecule has 2 aromatic rings. The summed E-state index contributed by atoms with van der Waals surface area (Å²) < 4.78 is 44.2. The van der Waals surface area contributed by atoms with Crippen LogP contribution in [0, 0.1) is 17.2 Å². The van der Waals surface area contributed by atoms with E-state index < -0.39 is 11.7 Å². The highest BCUT2D eigenvalue weighted by Gasteiger charge is 2.32. The maximum atomic E-state index is 12.7. The van der Waals surface area contributed by atoms with E-state index in [1.807, 2.05) is 11.0 Å². The molecule has 6 nitrogen and oxygen atoms in total. The highest BCUT2D eigenvalue weighted by molar-refractivity contribution is 5.37. The van der Waals surface area contributed by atoms with Gasteiger partial charge in [0.25, 0.3) is 0 Å². The van der Waals surface area contributed by atoms with Crippen molar-refractivity contribution in [2.45, 2.75) is 56.7 Å². The molecule has 0 amide bonds. The van der Waals surface area contributed by atoms with Crippen LogP contribution in [-0.4, -0.2) is 40.8 Å². The Labute approximate surface area is 185 Å². The largest absolute Gasteiger partial charge is 0.419 e. The van der Waals surface area contributed by atoms with E-state index in [1.54, 1.807) is 12.4 Å². The lowest BCUT2D eigenvalue weighted by molar-refractivity contribution is -0.138. The average Bonchev–Trinajstić information content (AvgIpc) is 2.83. The number of hydrogen-bond donors (Lipinski definition) is 0. The fraction of sp³-hybridized carbons (Fsp3) is 0.565. The molecule has 1 aliphatic carbocycles. The first-order valence-corrected chi connectivity index (χ1v) is 11.0. The highest BCUT2D eigenvalue weighted by Crippen LogP contribution is 2.36. The van der Waals surface area contributed by atoms with Crippen molar-refractivity contribution in [3.05, 3.63) is 47.5 Å². The Morgan fingerprint density at radius 3 is 2.34 bits per heavy atom. The van der Waals surface area contributed by atoms with Crippen molar-refractivity contribution in [1.82, 2.24) is 15.0 Å². The fourth-order valence-corrected chi connectivity index (χ4v) is 4.60. The number of pyridine rings is 1. The summed E-state index contributed by atoms with van der Waals surface area (Å²) in [7, 11) is 0. The van der Waals surface area contributed by atoms with Crippen LogP contribution in [0.25, 0.3) is 0 Å². The van der Waals surface area contributed by atoms with Crippen LogP contribution in [0.15, 0.2) is 30.9 Å². The Morgan fingerprint density at radius 2 is 1.72 bits per heavy atom. The van der Waals surface area contributed by atoms with E-state index in [0.29, 0.717) is 43.0 Å². The van der Waals surface area contributed by atoms with Gasteiger partial charge in [0.15, 0.2) is 0 Å². The van der Waals surface area contributed by atoms with Gasteiger partial charge < -0.3 is 9.64 Å². The van der Waals surface area contributed by atoms with Crippen LogP contribution in [0.1, 0.15) is 61.1 Å². The van der Waals surface area contributed by atoms with E-state index in [1.165, 1.54) is 0 Å². The van der Waals surface area contributed by atoms with Crippen molar-refractivity contribution in [2.75, 3.05) is 24.6 Å². The van der Waals surface area contributed by atoms with Crippen molar-refractivity contribution < 1.29 is 17.9 Å². The van der Waals surface area contributed by atoms with Crippen molar-refractivity contribution in [2.24, 2.45) is 5.92 Å². The van der Waals surface area contributed by atoms with Crippen LogP contribution in [-0.2, 0) is 10.9 Å². The molecule has 0 aromatic carbocycles. The first kappa shape index (κ1) is 22.5. The fourth-order valence-electron chi connectivity index (χ4n) is 4.60. The molecule has 9 heteroatoms. The van der Waals surface area contributed by atoms with Crippen molar-refractivity contribution in [1.29, 1.82) is 5.26 Å².